The highest BCUT2D eigenvalue weighted by Gasteiger charge is 2.25. The second-order valence-electron chi connectivity index (χ2n) is 4.10. The summed E-state index contributed by atoms with van der Waals surface area (Å²) < 4.78 is 0. The lowest BCUT2D eigenvalue weighted by atomic mass is 9.90. The van der Waals surface area contributed by atoms with Gasteiger partial charge in [-0.25, -0.2) is 0 Å². The first-order valence-corrected chi connectivity index (χ1v) is 6.15. The maximum absolute atomic E-state index is 3.50. The predicted molar refractivity (Wildman–Crippen MR) is 56.3 cm³/mol. The minimum absolute atomic E-state index is 0.707. The molecule has 13 heavy (non-hydrogen) atoms. The molecule has 1 aliphatic carbocycles. The van der Waals surface area contributed by atoms with Crippen LogP contribution >= 0.6 is 11.3 Å². The molecule has 3 rings (SSSR count). The summed E-state index contributed by atoms with van der Waals surface area (Å²) >= 11 is 1.99. The van der Waals surface area contributed by atoms with Gasteiger partial charge in [0.1, 0.15) is 0 Å². The highest BCUT2D eigenvalue weighted by Crippen LogP contribution is 2.36. The van der Waals surface area contributed by atoms with Crippen LogP contribution < -0.4 is 5.32 Å². The first kappa shape index (κ1) is 8.01. The number of fused-ring (bicyclic) bond motifs is 1. The van der Waals surface area contributed by atoms with E-state index in [2.05, 4.69) is 10.7 Å². The molecule has 2 heterocycles. The summed E-state index contributed by atoms with van der Waals surface area (Å²) in [5.41, 5.74) is 3.33. The number of rotatable bonds is 1. The Morgan fingerprint density at radius 2 is 2.15 bits per heavy atom. The number of nitrogens with one attached hydrogen (secondary N) is 1. The third-order valence-corrected chi connectivity index (χ3v) is 4.40. The van der Waals surface area contributed by atoms with E-state index in [1.807, 2.05) is 11.3 Å². The van der Waals surface area contributed by atoms with Crippen molar-refractivity contribution in [2.45, 2.75) is 38.1 Å². The smallest absolute Gasteiger partial charge is 0.0343 e. The van der Waals surface area contributed by atoms with Gasteiger partial charge in [0.05, 0.1) is 0 Å². The van der Waals surface area contributed by atoms with Gasteiger partial charge in [-0.3, -0.25) is 0 Å². The van der Waals surface area contributed by atoms with Crippen LogP contribution in [0.5, 0.6) is 0 Å². The van der Waals surface area contributed by atoms with Gasteiger partial charge in [-0.2, -0.15) is 0 Å². The summed E-state index contributed by atoms with van der Waals surface area (Å²) in [4.78, 5) is 1.68. The fraction of sp³-hybridized carbons (Fsp3) is 0.636. The number of hydrogen-bond acceptors (Lipinski definition) is 2. The third-order valence-electron chi connectivity index (χ3n) is 3.29. The zero-order valence-corrected chi connectivity index (χ0v) is 8.62. The first-order valence-electron chi connectivity index (χ1n) is 5.27. The van der Waals surface area contributed by atoms with E-state index in [-0.39, 0.29) is 0 Å². The maximum Gasteiger partial charge on any atom is 0.0343 e. The molecule has 0 amide bonds. The number of thiophene rings is 1. The van der Waals surface area contributed by atoms with Crippen LogP contribution in [-0.4, -0.2) is 6.54 Å². The molecule has 1 unspecified atom stereocenters. The van der Waals surface area contributed by atoms with E-state index in [1.165, 1.54) is 38.6 Å². The van der Waals surface area contributed by atoms with Crippen LogP contribution in [0.25, 0.3) is 0 Å². The fourth-order valence-electron chi connectivity index (χ4n) is 2.37. The van der Waals surface area contributed by atoms with E-state index in [0.717, 1.165) is 0 Å². The SMILES string of the molecule is c1sc2c(c1C1CCN1)CCCC2. The summed E-state index contributed by atoms with van der Waals surface area (Å²) in [6.07, 6.45) is 6.84. The molecule has 1 N–H and O–H groups in total. The van der Waals surface area contributed by atoms with E-state index >= 15 is 0 Å². The van der Waals surface area contributed by atoms with Crippen molar-refractivity contribution in [2.75, 3.05) is 6.54 Å². The topological polar surface area (TPSA) is 12.0 Å². The van der Waals surface area contributed by atoms with E-state index in [4.69, 9.17) is 0 Å². The molecule has 1 aromatic heterocycles. The standard InChI is InChI=1S/C11H15NS/c1-2-4-11-8(3-1)9(7-13-11)10-5-6-12-10/h7,10,12H,1-6H2. The summed E-state index contributed by atoms with van der Waals surface area (Å²) in [7, 11) is 0. The van der Waals surface area contributed by atoms with Crippen molar-refractivity contribution in [3.8, 4) is 0 Å². The predicted octanol–water partition coefficient (Wildman–Crippen LogP) is 2.66. The molecule has 0 bridgehead atoms. The van der Waals surface area contributed by atoms with Crippen molar-refractivity contribution in [1.29, 1.82) is 0 Å². The molecule has 1 nitrogen and oxygen atoms in total. The lowest BCUT2D eigenvalue weighted by molar-refractivity contribution is 0.381. The van der Waals surface area contributed by atoms with Gasteiger partial charge in [0, 0.05) is 10.9 Å². The Labute approximate surface area is 83.2 Å². The molecule has 1 saturated heterocycles. The van der Waals surface area contributed by atoms with Gasteiger partial charge in [0.15, 0.2) is 0 Å². The van der Waals surface area contributed by atoms with Crippen LogP contribution in [0.4, 0.5) is 0 Å². The normalized spacial score (nSPS) is 26.6. The van der Waals surface area contributed by atoms with Crippen LogP contribution in [0, 0.1) is 0 Å². The Morgan fingerprint density at radius 3 is 2.92 bits per heavy atom. The molecule has 0 radical (unpaired) electrons. The van der Waals surface area contributed by atoms with E-state index in [0.29, 0.717) is 6.04 Å². The van der Waals surface area contributed by atoms with Gasteiger partial charge in [0.25, 0.3) is 0 Å². The van der Waals surface area contributed by atoms with E-state index < -0.39 is 0 Å². The van der Waals surface area contributed by atoms with Crippen LogP contribution in [0.15, 0.2) is 5.38 Å². The van der Waals surface area contributed by atoms with Gasteiger partial charge in [-0.1, -0.05) is 0 Å². The Bertz CT molecular complexity index is 312. The number of aryl methyl sites for hydroxylation is 1. The van der Waals surface area contributed by atoms with Crippen LogP contribution in [-0.2, 0) is 12.8 Å². The second kappa shape index (κ2) is 3.10. The summed E-state index contributed by atoms with van der Waals surface area (Å²) in [6.45, 7) is 1.22. The molecule has 1 aliphatic heterocycles. The lowest BCUT2D eigenvalue weighted by Gasteiger charge is -2.29. The minimum Gasteiger partial charge on any atom is -0.310 e. The molecule has 0 spiro atoms. The zero-order chi connectivity index (χ0) is 8.67. The van der Waals surface area contributed by atoms with Gasteiger partial charge in [-0.15, -0.1) is 11.3 Å². The molecule has 2 heteroatoms. The van der Waals surface area contributed by atoms with Crippen LogP contribution in [0.1, 0.15) is 41.3 Å². The Kier molecular flexibility index (Phi) is 1.91. The van der Waals surface area contributed by atoms with Crippen LogP contribution in [0.2, 0.25) is 0 Å². The monoisotopic (exact) mass is 193 g/mol. The molecule has 70 valence electrons. The molecule has 0 saturated carbocycles. The van der Waals surface area contributed by atoms with E-state index in [1.54, 1.807) is 16.0 Å². The zero-order valence-electron chi connectivity index (χ0n) is 7.81. The molecular formula is C11H15NS. The molecule has 0 aromatic carbocycles. The van der Waals surface area contributed by atoms with Crippen LogP contribution in [0.3, 0.4) is 0 Å². The summed E-state index contributed by atoms with van der Waals surface area (Å²) in [5.74, 6) is 0. The third kappa shape index (κ3) is 1.24. The van der Waals surface area contributed by atoms with Crippen molar-refractivity contribution in [3.63, 3.8) is 0 Å². The highest BCUT2D eigenvalue weighted by atomic mass is 32.1. The Morgan fingerprint density at radius 1 is 1.31 bits per heavy atom. The Hall–Kier alpha value is -0.340. The highest BCUT2D eigenvalue weighted by molar-refractivity contribution is 7.10. The molecule has 1 fully saturated rings. The molecule has 1 atom stereocenters. The van der Waals surface area contributed by atoms with Gasteiger partial charge in [0.2, 0.25) is 0 Å². The van der Waals surface area contributed by atoms with E-state index in [9.17, 15) is 0 Å². The molecule has 1 aromatic rings. The average molecular weight is 193 g/mol. The quantitative estimate of drug-likeness (QED) is 0.723. The van der Waals surface area contributed by atoms with Gasteiger partial charge < -0.3 is 5.32 Å². The van der Waals surface area contributed by atoms with Crippen molar-refractivity contribution < 1.29 is 0 Å². The Balaban J connectivity index is 1.95. The average Bonchev–Trinajstić information content (AvgIpc) is 2.47. The molecular weight excluding hydrogens is 178 g/mol. The number of hydrogen-bond donors (Lipinski definition) is 1. The van der Waals surface area contributed by atoms with Crippen molar-refractivity contribution >= 4 is 11.3 Å². The first-order chi connectivity index (χ1) is 6.45. The summed E-state index contributed by atoms with van der Waals surface area (Å²) in [6, 6.07) is 0.707. The van der Waals surface area contributed by atoms with Gasteiger partial charge >= 0.3 is 0 Å². The second-order valence-corrected chi connectivity index (χ2v) is 5.06. The maximum atomic E-state index is 3.50. The van der Waals surface area contributed by atoms with Crippen molar-refractivity contribution in [2.24, 2.45) is 0 Å². The van der Waals surface area contributed by atoms with Crippen molar-refractivity contribution in [3.05, 3.63) is 21.4 Å². The molecule has 2 aliphatic rings. The van der Waals surface area contributed by atoms with Crippen molar-refractivity contribution in [1.82, 2.24) is 5.32 Å². The largest absolute Gasteiger partial charge is 0.310 e. The fourth-order valence-corrected chi connectivity index (χ4v) is 3.57. The minimum atomic E-state index is 0.707. The van der Waals surface area contributed by atoms with Gasteiger partial charge in [-0.05, 0) is 55.2 Å². The summed E-state index contributed by atoms with van der Waals surface area (Å²) in [5, 5.41) is 5.90. The lowest BCUT2D eigenvalue weighted by Crippen LogP contribution is -2.35.